The third-order valence-electron chi connectivity index (χ3n) is 6.58. The first-order valence-corrected chi connectivity index (χ1v) is 12.5. The van der Waals surface area contributed by atoms with Gasteiger partial charge in [-0.15, -0.1) is 17.0 Å². The van der Waals surface area contributed by atoms with E-state index < -0.39 is 0 Å². The molecular weight excluding hydrogens is 550 g/mol. The summed E-state index contributed by atoms with van der Waals surface area (Å²) in [5.41, 5.74) is 4.38. The van der Waals surface area contributed by atoms with Crippen LogP contribution in [-0.2, 0) is 23.9 Å². The Bertz CT molecular complexity index is 1470. The lowest BCUT2D eigenvalue weighted by atomic mass is 9.78. The van der Waals surface area contributed by atoms with E-state index >= 15 is 0 Å². The third-order valence-corrected chi connectivity index (χ3v) is 6.83. The smallest absolute Gasteiger partial charge is 0.203 e. The van der Waals surface area contributed by atoms with Crippen molar-refractivity contribution in [3.8, 4) is 5.75 Å². The lowest BCUT2D eigenvalue weighted by Crippen LogP contribution is -2.28. The number of ketones is 1. The summed E-state index contributed by atoms with van der Waals surface area (Å²) < 4.78 is 3.66. The second-order valence-corrected chi connectivity index (χ2v) is 11.9. The highest BCUT2D eigenvalue weighted by molar-refractivity contribution is 8.93. The zero-order valence-corrected chi connectivity index (χ0v) is 24.7. The molecule has 0 aliphatic heterocycles. The highest BCUT2D eigenvalue weighted by Crippen LogP contribution is 2.40. The number of fused-ring (bicyclic) bond motifs is 1. The second-order valence-electron chi connectivity index (χ2n) is 11.5. The molecule has 4 rings (SSSR count). The molecule has 2 N–H and O–H groups in total. The number of nitrogens with zero attached hydrogens (tertiary/aromatic N) is 2. The summed E-state index contributed by atoms with van der Waals surface area (Å²) in [6.07, 6.45) is 0. The molecule has 0 saturated heterocycles. The van der Waals surface area contributed by atoms with Crippen molar-refractivity contribution in [2.24, 2.45) is 0 Å². The van der Waals surface area contributed by atoms with E-state index in [9.17, 15) is 9.90 Å². The highest BCUT2D eigenvalue weighted by Gasteiger charge is 2.28. The number of rotatable bonds is 5. The van der Waals surface area contributed by atoms with Crippen molar-refractivity contribution in [2.45, 2.75) is 65.5 Å². The van der Waals surface area contributed by atoms with Crippen LogP contribution in [0.15, 0.2) is 60.7 Å². The number of para-hydroxylation sites is 2. The quantitative estimate of drug-likeness (QED) is 0.240. The SMILES string of the molecule is Br.CC(C)(C)c1cc(C(=O)Cn2c(=N)n(Cc3ccc(Cl)cc3)c3ccccc32)cc(C(C)(C)C)c1O. The molecule has 0 amide bonds. The molecule has 0 aliphatic carbocycles. The van der Waals surface area contributed by atoms with Crippen LogP contribution >= 0.6 is 28.6 Å². The number of imidazole rings is 1. The molecule has 1 aromatic heterocycles. The number of carbonyl (C=O) groups is 1. The van der Waals surface area contributed by atoms with Crippen molar-refractivity contribution in [1.82, 2.24) is 9.13 Å². The Hall–Kier alpha value is -2.83. The molecular formula is C30H35BrClN3O2. The number of carbonyl (C=O) groups excluding carboxylic acids is 1. The van der Waals surface area contributed by atoms with Crippen LogP contribution < -0.4 is 5.62 Å². The van der Waals surface area contributed by atoms with Crippen molar-refractivity contribution >= 4 is 45.4 Å². The maximum atomic E-state index is 13.7. The van der Waals surface area contributed by atoms with Gasteiger partial charge in [0.15, 0.2) is 5.78 Å². The Morgan fingerprint density at radius 2 is 1.35 bits per heavy atom. The van der Waals surface area contributed by atoms with Crippen LogP contribution in [0.5, 0.6) is 5.75 Å². The standard InChI is InChI=1S/C30H34ClN3O2.BrH/c1-29(2,3)22-15-20(16-23(27(22)36)30(4,5)6)26(35)18-34-25-10-8-7-9-24(25)33(28(34)32)17-19-11-13-21(31)14-12-19;/h7-16,32,36H,17-18H2,1-6H3;1H. The molecule has 4 aromatic rings. The van der Waals surface area contributed by atoms with Gasteiger partial charge >= 0.3 is 0 Å². The van der Waals surface area contributed by atoms with Gasteiger partial charge in [-0.2, -0.15) is 0 Å². The zero-order valence-electron chi connectivity index (χ0n) is 22.2. The maximum Gasteiger partial charge on any atom is 0.203 e. The van der Waals surface area contributed by atoms with Gasteiger partial charge in [-0.05, 0) is 52.8 Å². The van der Waals surface area contributed by atoms with Gasteiger partial charge < -0.3 is 14.2 Å². The van der Waals surface area contributed by atoms with E-state index in [0.29, 0.717) is 17.1 Å². The van der Waals surface area contributed by atoms with Crippen molar-refractivity contribution < 1.29 is 9.90 Å². The number of phenols is 1. The van der Waals surface area contributed by atoms with Gasteiger partial charge in [-0.3, -0.25) is 10.2 Å². The minimum atomic E-state index is -0.331. The van der Waals surface area contributed by atoms with Gasteiger partial charge in [0, 0.05) is 21.7 Å². The molecule has 0 unspecified atom stereocenters. The first kappa shape index (κ1) is 28.7. The van der Waals surface area contributed by atoms with Crippen molar-refractivity contribution in [2.75, 3.05) is 0 Å². The van der Waals surface area contributed by atoms with E-state index in [4.69, 9.17) is 17.0 Å². The van der Waals surface area contributed by atoms with E-state index in [1.807, 2.05) is 107 Å². The summed E-state index contributed by atoms with van der Waals surface area (Å²) in [5.74, 6) is 0.152. The van der Waals surface area contributed by atoms with Crippen molar-refractivity contribution in [1.29, 1.82) is 5.41 Å². The average Bonchev–Trinajstić information content (AvgIpc) is 3.05. The normalized spacial score (nSPS) is 12.0. The summed E-state index contributed by atoms with van der Waals surface area (Å²) in [7, 11) is 0. The number of aromatic hydroxyl groups is 1. The first-order valence-electron chi connectivity index (χ1n) is 12.2. The number of hydrogen-bond acceptors (Lipinski definition) is 3. The Morgan fingerprint density at radius 3 is 1.84 bits per heavy atom. The van der Waals surface area contributed by atoms with Crippen molar-refractivity contribution in [3.05, 3.63) is 93.6 Å². The molecule has 0 spiro atoms. The second kappa shape index (κ2) is 10.5. The van der Waals surface area contributed by atoms with Gasteiger partial charge in [0.2, 0.25) is 5.62 Å². The molecule has 1 heterocycles. The predicted octanol–water partition coefficient (Wildman–Crippen LogP) is 7.39. The van der Waals surface area contributed by atoms with Crippen LogP contribution in [0.3, 0.4) is 0 Å². The van der Waals surface area contributed by atoms with E-state index in [0.717, 1.165) is 27.7 Å². The predicted molar refractivity (Wildman–Crippen MR) is 156 cm³/mol. The Balaban J connectivity index is 0.00000380. The van der Waals surface area contributed by atoms with E-state index in [1.165, 1.54) is 0 Å². The minimum absolute atomic E-state index is 0. The molecule has 37 heavy (non-hydrogen) atoms. The Labute approximate surface area is 234 Å². The van der Waals surface area contributed by atoms with E-state index in [1.54, 1.807) is 4.57 Å². The fourth-order valence-corrected chi connectivity index (χ4v) is 4.69. The number of halogens is 2. The van der Waals surface area contributed by atoms with Gasteiger partial charge in [0.25, 0.3) is 0 Å². The third kappa shape index (κ3) is 5.86. The van der Waals surface area contributed by atoms with Gasteiger partial charge in [0.05, 0.1) is 24.1 Å². The Kier molecular flexibility index (Phi) is 8.16. The number of aromatic nitrogens is 2. The highest BCUT2D eigenvalue weighted by atomic mass is 79.9. The molecule has 0 saturated carbocycles. The number of phenolic OH excluding ortho intramolecular Hbond substituents is 1. The molecule has 0 fully saturated rings. The van der Waals surface area contributed by atoms with Crippen LogP contribution in [0.2, 0.25) is 5.02 Å². The van der Waals surface area contributed by atoms with Crippen molar-refractivity contribution in [3.63, 3.8) is 0 Å². The monoisotopic (exact) mass is 583 g/mol. The fraction of sp³-hybridized carbons (Fsp3) is 0.333. The fourth-order valence-electron chi connectivity index (χ4n) is 4.56. The van der Waals surface area contributed by atoms with Crippen LogP contribution in [-0.4, -0.2) is 20.0 Å². The molecule has 0 aliphatic rings. The largest absolute Gasteiger partial charge is 0.507 e. The topological polar surface area (TPSA) is 71.0 Å². The number of Topliss-reactive ketones (excluding diaryl/α,β-unsaturated/α-hetero) is 1. The number of hydrogen-bond donors (Lipinski definition) is 2. The minimum Gasteiger partial charge on any atom is -0.507 e. The molecule has 0 bridgehead atoms. The van der Waals surface area contributed by atoms with Gasteiger partial charge in [-0.1, -0.05) is 77.4 Å². The Morgan fingerprint density at radius 1 is 0.865 bits per heavy atom. The van der Waals surface area contributed by atoms with Crippen LogP contribution in [0.25, 0.3) is 11.0 Å². The molecule has 196 valence electrons. The summed E-state index contributed by atoms with van der Waals surface area (Å²) in [4.78, 5) is 13.7. The summed E-state index contributed by atoms with van der Waals surface area (Å²) >= 11 is 6.05. The molecule has 7 heteroatoms. The molecule has 0 radical (unpaired) electrons. The summed E-state index contributed by atoms with van der Waals surface area (Å²) in [5, 5.41) is 20.7. The molecule has 0 atom stereocenters. The first-order chi connectivity index (χ1) is 16.8. The number of benzene rings is 3. The molecule has 5 nitrogen and oxygen atoms in total. The van der Waals surface area contributed by atoms with Gasteiger partial charge in [-0.25, -0.2) is 0 Å². The van der Waals surface area contributed by atoms with Gasteiger partial charge in [0.1, 0.15) is 5.75 Å². The average molecular weight is 585 g/mol. The van der Waals surface area contributed by atoms with Crippen LogP contribution in [0, 0.1) is 5.41 Å². The maximum absolute atomic E-state index is 13.7. The summed E-state index contributed by atoms with van der Waals surface area (Å²) in [6, 6.07) is 19.0. The van der Waals surface area contributed by atoms with E-state index in [2.05, 4.69) is 0 Å². The van der Waals surface area contributed by atoms with Crippen LogP contribution in [0.1, 0.15) is 68.6 Å². The van der Waals surface area contributed by atoms with Crippen LogP contribution in [0.4, 0.5) is 0 Å². The molecule has 3 aromatic carbocycles. The lowest BCUT2D eigenvalue weighted by molar-refractivity contribution is 0.0971. The zero-order chi connectivity index (χ0) is 26.4. The summed E-state index contributed by atoms with van der Waals surface area (Å²) in [6.45, 7) is 12.7. The number of nitrogens with one attached hydrogen (secondary N) is 1. The lowest BCUT2D eigenvalue weighted by Gasteiger charge is -2.28. The van der Waals surface area contributed by atoms with E-state index in [-0.39, 0.29) is 51.5 Å².